The Balaban J connectivity index is 1.47. The number of nitrogens with zero attached hydrogens (tertiary/aromatic N) is 2. The second kappa shape index (κ2) is 7.36. The number of piperidine rings is 1. The zero-order valence-electron chi connectivity index (χ0n) is 15.0. The zero-order valence-corrected chi connectivity index (χ0v) is 15.0. The third kappa shape index (κ3) is 3.64. The van der Waals surface area contributed by atoms with Crippen LogP contribution in [-0.2, 0) is 4.74 Å². The summed E-state index contributed by atoms with van der Waals surface area (Å²) in [4.78, 5) is 14.8. The Morgan fingerprint density at radius 2 is 2.11 bits per heavy atom. The molecule has 1 atom stereocenters. The minimum Gasteiger partial charge on any atom is -0.380 e. The first kappa shape index (κ1) is 17.5. The van der Waals surface area contributed by atoms with Gasteiger partial charge in [0.05, 0.1) is 11.6 Å². The van der Waals surface area contributed by atoms with Crippen molar-refractivity contribution in [1.29, 1.82) is 0 Å². The molecule has 0 radical (unpaired) electrons. The molecule has 27 heavy (non-hydrogen) atoms. The van der Waals surface area contributed by atoms with Gasteiger partial charge in [0.25, 0.3) is 5.91 Å². The number of nitrogens with one attached hydrogen (secondary N) is 2. The first-order valence-corrected chi connectivity index (χ1v) is 8.97. The Morgan fingerprint density at radius 1 is 1.30 bits per heavy atom. The highest BCUT2D eigenvalue weighted by atomic mass is 19.1. The second-order valence-corrected chi connectivity index (χ2v) is 6.71. The molecule has 0 aliphatic carbocycles. The van der Waals surface area contributed by atoms with Crippen LogP contribution in [0.25, 0.3) is 10.9 Å². The van der Waals surface area contributed by atoms with Gasteiger partial charge in [0.15, 0.2) is 5.69 Å². The number of H-pyrrole nitrogens is 1. The van der Waals surface area contributed by atoms with Gasteiger partial charge in [-0.25, -0.2) is 4.39 Å². The molecule has 1 saturated heterocycles. The Bertz CT molecular complexity index is 954. The number of fused-ring (bicyclic) bond motifs is 1. The van der Waals surface area contributed by atoms with Gasteiger partial charge in [-0.1, -0.05) is 0 Å². The molecule has 2 aromatic carbocycles. The van der Waals surface area contributed by atoms with Crippen molar-refractivity contribution in [2.24, 2.45) is 0 Å². The number of hydrogen-bond donors (Lipinski definition) is 2. The van der Waals surface area contributed by atoms with Crippen LogP contribution in [0.5, 0.6) is 0 Å². The maximum Gasteiger partial charge on any atom is 0.276 e. The Labute approximate surface area is 156 Å². The van der Waals surface area contributed by atoms with Crippen molar-refractivity contribution in [2.45, 2.75) is 18.9 Å². The van der Waals surface area contributed by atoms with Crippen LogP contribution >= 0.6 is 0 Å². The largest absolute Gasteiger partial charge is 0.380 e. The molecular formula is C20H21FN4O2. The number of halogens is 1. The van der Waals surface area contributed by atoms with E-state index in [1.807, 2.05) is 24.3 Å². The van der Waals surface area contributed by atoms with Crippen LogP contribution < -0.4 is 10.2 Å². The van der Waals surface area contributed by atoms with Crippen molar-refractivity contribution in [3.05, 3.63) is 54.0 Å². The lowest BCUT2D eigenvalue weighted by atomic mass is 10.1. The summed E-state index contributed by atoms with van der Waals surface area (Å²) in [6.07, 6.45) is 2.45. The fourth-order valence-corrected chi connectivity index (χ4v) is 3.48. The number of carbonyl (C=O) groups excluding carboxylic acids is 1. The minimum absolute atomic E-state index is 0.244. The summed E-state index contributed by atoms with van der Waals surface area (Å²) in [6, 6.07) is 11.9. The number of aromatic amines is 1. The van der Waals surface area contributed by atoms with Gasteiger partial charge in [-0.3, -0.25) is 9.89 Å². The number of carbonyl (C=O) groups is 1. The number of aromatic nitrogens is 2. The van der Waals surface area contributed by atoms with Crippen molar-refractivity contribution in [3.63, 3.8) is 0 Å². The smallest absolute Gasteiger partial charge is 0.276 e. The molecule has 0 saturated carbocycles. The summed E-state index contributed by atoms with van der Waals surface area (Å²) < 4.78 is 18.7. The minimum atomic E-state index is -0.373. The van der Waals surface area contributed by atoms with E-state index >= 15 is 0 Å². The number of anilines is 2. The molecule has 1 unspecified atom stereocenters. The lowest BCUT2D eigenvalue weighted by Crippen LogP contribution is -2.39. The molecule has 7 heteroatoms. The molecule has 4 rings (SSSR count). The number of rotatable bonds is 4. The molecule has 1 aliphatic heterocycles. The van der Waals surface area contributed by atoms with Crippen molar-refractivity contribution in [1.82, 2.24) is 10.2 Å². The van der Waals surface area contributed by atoms with E-state index in [-0.39, 0.29) is 23.5 Å². The van der Waals surface area contributed by atoms with Gasteiger partial charge >= 0.3 is 0 Å². The van der Waals surface area contributed by atoms with Crippen LogP contribution in [0.3, 0.4) is 0 Å². The normalized spacial score (nSPS) is 17.3. The van der Waals surface area contributed by atoms with Crippen molar-refractivity contribution >= 4 is 28.2 Å². The third-order valence-electron chi connectivity index (χ3n) is 4.94. The fraction of sp³-hybridized carbons (Fsp3) is 0.300. The monoisotopic (exact) mass is 368 g/mol. The first-order chi connectivity index (χ1) is 13.1. The molecule has 2 N–H and O–H groups in total. The Kier molecular flexibility index (Phi) is 4.77. The molecule has 2 heterocycles. The predicted octanol–water partition coefficient (Wildman–Crippen LogP) is 3.57. The topological polar surface area (TPSA) is 70.2 Å². The van der Waals surface area contributed by atoms with Crippen LogP contribution in [0.15, 0.2) is 42.5 Å². The van der Waals surface area contributed by atoms with E-state index in [1.54, 1.807) is 13.2 Å². The first-order valence-electron chi connectivity index (χ1n) is 8.97. The van der Waals surface area contributed by atoms with E-state index < -0.39 is 0 Å². The molecule has 0 bridgehead atoms. The SMILES string of the molecule is COC1CCCN(c2ccc(NC(=O)c3n[nH]c4cc(F)ccc34)cc2)C1. The highest BCUT2D eigenvalue weighted by molar-refractivity contribution is 6.11. The second-order valence-electron chi connectivity index (χ2n) is 6.71. The van der Waals surface area contributed by atoms with Gasteiger partial charge in [0.1, 0.15) is 5.82 Å². The number of ether oxygens (including phenoxy) is 1. The molecule has 140 valence electrons. The molecule has 1 amide bonds. The lowest BCUT2D eigenvalue weighted by Gasteiger charge is -2.33. The summed E-state index contributed by atoms with van der Waals surface area (Å²) in [7, 11) is 1.75. The highest BCUT2D eigenvalue weighted by Crippen LogP contribution is 2.24. The van der Waals surface area contributed by atoms with E-state index in [2.05, 4.69) is 20.4 Å². The van der Waals surface area contributed by atoms with Crippen LogP contribution in [0.4, 0.5) is 15.8 Å². The summed E-state index contributed by atoms with van der Waals surface area (Å²) in [5.74, 6) is -0.708. The molecule has 3 aromatic rings. The van der Waals surface area contributed by atoms with Gasteiger partial charge in [0.2, 0.25) is 0 Å². The quantitative estimate of drug-likeness (QED) is 0.739. The van der Waals surface area contributed by atoms with Crippen LogP contribution in [0, 0.1) is 5.82 Å². The summed E-state index contributed by atoms with van der Waals surface area (Å²) >= 11 is 0. The third-order valence-corrected chi connectivity index (χ3v) is 4.94. The van der Waals surface area contributed by atoms with Crippen molar-refractivity contribution in [2.75, 3.05) is 30.4 Å². The molecule has 0 spiro atoms. The maximum absolute atomic E-state index is 13.3. The Morgan fingerprint density at radius 3 is 2.89 bits per heavy atom. The van der Waals surface area contributed by atoms with E-state index in [0.717, 1.165) is 31.6 Å². The molecule has 1 aliphatic rings. The predicted molar refractivity (Wildman–Crippen MR) is 103 cm³/mol. The van der Waals surface area contributed by atoms with Crippen LogP contribution in [0.2, 0.25) is 0 Å². The molecular weight excluding hydrogens is 347 g/mol. The van der Waals surface area contributed by atoms with Gasteiger partial charge in [0, 0.05) is 37.0 Å². The number of methoxy groups -OCH3 is 1. The summed E-state index contributed by atoms with van der Waals surface area (Å²) in [5, 5.41) is 10.1. The van der Waals surface area contributed by atoms with Gasteiger partial charge in [-0.2, -0.15) is 5.10 Å². The fourth-order valence-electron chi connectivity index (χ4n) is 3.48. The number of amides is 1. The summed E-state index contributed by atoms with van der Waals surface area (Å²) in [5.41, 5.74) is 2.53. The number of hydrogen-bond acceptors (Lipinski definition) is 4. The van der Waals surface area contributed by atoms with E-state index in [9.17, 15) is 9.18 Å². The van der Waals surface area contributed by atoms with E-state index in [0.29, 0.717) is 16.6 Å². The van der Waals surface area contributed by atoms with Crippen LogP contribution in [-0.4, -0.2) is 42.4 Å². The molecule has 6 nitrogen and oxygen atoms in total. The summed E-state index contributed by atoms with van der Waals surface area (Å²) in [6.45, 7) is 1.87. The van der Waals surface area contributed by atoms with Crippen LogP contribution in [0.1, 0.15) is 23.3 Å². The van der Waals surface area contributed by atoms with Gasteiger partial charge < -0.3 is 15.0 Å². The molecule has 1 aromatic heterocycles. The average Bonchev–Trinajstić information content (AvgIpc) is 3.11. The average molecular weight is 368 g/mol. The van der Waals surface area contributed by atoms with Gasteiger partial charge in [-0.05, 0) is 55.3 Å². The van der Waals surface area contributed by atoms with E-state index in [1.165, 1.54) is 12.1 Å². The standard InChI is InChI=1S/C20H21FN4O2/c1-27-16-3-2-10-25(12-16)15-7-5-14(6-8-15)22-20(26)19-17-9-4-13(21)11-18(17)23-24-19/h4-9,11,16H,2-3,10,12H2,1H3,(H,22,26)(H,23,24). The van der Waals surface area contributed by atoms with Gasteiger partial charge in [-0.15, -0.1) is 0 Å². The van der Waals surface area contributed by atoms with Crippen molar-refractivity contribution in [3.8, 4) is 0 Å². The zero-order chi connectivity index (χ0) is 18.8. The highest BCUT2D eigenvalue weighted by Gasteiger charge is 2.20. The number of benzene rings is 2. The van der Waals surface area contributed by atoms with Crippen molar-refractivity contribution < 1.29 is 13.9 Å². The van der Waals surface area contributed by atoms with E-state index in [4.69, 9.17) is 4.74 Å². The molecule has 1 fully saturated rings. The Hall–Kier alpha value is -2.93. The lowest BCUT2D eigenvalue weighted by molar-refractivity contribution is 0.0893. The maximum atomic E-state index is 13.3.